The van der Waals surface area contributed by atoms with Crippen LogP contribution in [0.2, 0.25) is 0 Å². The van der Waals surface area contributed by atoms with Crippen molar-refractivity contribution in [2.45, 2.75) is 72.9 Å². The van der Waals surface area contributed by atoms with Crippen molar-refractivity contribution in [2.24, 2.45) is 33.9 Å². The third kappa shape index (κ3) is 4.76. The van der Waals surface area contributed by atoms with Gasteiger partial charge < -0.3 is 10.6 Å². The molecule has 7 rings (SSSR count). The van der Waals surface area contributed by atoms with Crippen LogP contribution in [0.15, 0.2) is 41.4 Å². The minimum absolute atomic E-state index is 0.235. The van der Waals surface area contributed by atoms with E-state index in [9.17, 15) is 9.59 Å². The molecule has 0 unspecified atom stereocenters. The standard InChI is InChI=1S/C34H45N5O2/c1-20-7-8-24(21(2)15-20)11-12-39-31(40)27-10-9-26(18-28(27)32(39)41)36-33(35)37-13-14-38(22(3)19-37)30-17-25-16-29(23(30)4)34(25,5)6/h7-10,15,18,22-23,25,29-30H,11-14,16-17,19H2,1-6H3,(H2,35,36)/t22-,23+,25-,29-,30-/m0/s1. The Labute approximate surface area is 244 Å². The highest BCUT2D eigenvalue weighted by Crippen LogP contribution is 2.62. The largest absolute Gasteiger partial charge is 0.369 e. The number of imide groups is 1. The van der Waals surface area contributed by atoms with E-state index in [1.165, 1.54) is 28.9 Å². The number of nitrogens with zero attached hydrogens (tertiary/aromatic N) is 4. The number of amides is 2. The predicted octanol–water partition coefficient (Wildman–Crippen LogP) is 5.17. The SMILES string of the molecule is Cc1ccc(CCN2C(=O)c3ccc(N=C(N)N4CCN([C@H]5C[C@@H]6C[C@@H]([C@H]5C)C6(C)C)[C@@H](C)C4)cc3C2=O)c(C)c1. The lowest BCUT2D eigenvalue weighted by molar-refractivity contribution is -0.147. The zero-order valence-electron chi connectivity index (χ0n) is 25.5. The van der Waals surface area contributed by atoms with E-state index in [1.54, 1.807) is 18.2 Å². The molecular formula is C34H45N5O2. The van der Waals surface area contributed by atoms with Crippen LogP contribution in [0.25, 0.3) is 0 Å². The number of aryl methyl sites for hydroxylation is 2. The van der Waals surface area contributed by atoms with Crippen molar-refractivity contribution in [3.63, 3.8) is 0 Å². The van der Waals surface area contributed by atoms with E-state index in [4.69, 9.17) is 10.7 Å². The van der Waals surface area contributed by atoms with Crippen LogP contribution in [0.3, 0.4) is 0 Å². The number of aliphatic imine (C=N–C) groups is 1. The van der Waals surface area contributed by atoms with E-state index in [2.05, 4.69) is 69.5 Å². The van der Waals surface area contributed by atoms with E-state index in [-0.39, 0.29) is 11.8 Å². The first-order chi connectivity index (χ1) is 19.5. The third-order valence-electron chi connectivity index (χ3n) is 11.0. The Morgan fingerprint density at radius 3 is 2.44 bits per heavy atom. The number of nitrogens with two attached hydrogens (primary N) is 1. The summed E-state index contributed by atoms with van der Waals surface area (Å²) in [6.07, 6.45) is 3.35. The van der Waals surface area contributed by atoms with Crippen molar-refractivity contribution >= 4 is 23.5 Å². The molecule has 7 nitrogen and oxygen atoms in total. The summed E-state index contributed by atoms with van der Waals surface area (Å²) in [5.74, 6) is 2.39. The molecule has 5 aliphatic rings. The molecule has 7 heteroatoms. The first-order valence-corrected chi connectivity index (χ1v) is 15.4. The number of guanidine groups is 1. The summed E-state index contributed by atoms with van der Waals surface area (Å²) in [5.41, 5.74) is 12.0. The highest BCUT2D eigenvalue weighted by molar-refractivity contribution is 6.21. The zero-order chi connectivity index (χ0) is 29.2. The Hall–Kier alpha value is -3.19. The lowest BCUT2D eigenvalue weighted by atomic mass is 9.44. The van der Waals surface area contributed by atoms with E-state index >= 15 is 0 Å². The lowest BCUT2D eigenvalue weighted by Gasteiger charge is -2.64. The van der Waals surface area contributed by atoms with Gasteiger partial charge in [0.15, 0.2) is 5.96 Å². The Morgan fingerprint density at radius 1 is 1.00 bits per heavy atom. The number of hydrogen-bond acceptors (Lipinski definition) is 4. The van der Waals surface area contributed by atoms with Gasteiger partial charge in [0.05, 0.1) is 16.8 Å². The molecule has 41 heavy (non-hydrogen) atoms. The van der Waals surface area contributed by atoms with Crippen LogP contribution in [0, 0.1) is 37.0 Å². The minimum Gasteiger partial charge on any atom is -0.369 e. The summed E-state index contributed by atoms with van der Waals surface area (Å²) < 4.78 is 0. The Morgan fingerprint density at radius 2 is 1.76 bits per heavy atom. The number of carbonyl (C=O) groups excluding carboxylic acids is 2. The van der Waals surface area contributed by atoms with Crippen LogP contribution in [0.5, 0.6) is 0 Å². The second-order valence-corrected chi connectivity index (χ2v) is 13.7. The van der Waals surface area contributed by atoms with Gasteiger partial charge >= 0.3 is 0 Å². The molecule has 2 amide bonds. The van der Waals surface area contributed by atoms with Crippen molar-refractivity contribution in [3.8, 4) is 0 Å². The van der Waals surface area contributed by atoms with Crippen LogP contribution in [-0.4, -0.2) is 70.7 Å². The van der Waals surface area contributed by atoms with E-state index in [1.807, 2.05) is 0 Å². The first-order valence-electron chi connectivity index (χ1n) is 15.4. The summed E-state index contributed by atoms with van der Waals surface area (Å²) in [5, 5.41) is 0. The number of fused-ring (bicyclic) bond motifs is 3. The highest BCUT2D eigenvalue weighted by Gasteiger charge is 2.57. The summed E-state index contributed by atoms with van der Waals surface area (Å²) in [4.78, 5) is 37.2. The number of rotatable bonds is 5. The van der Waals surface area contributed by atoms with Crippen LogP contribution in [0.1, 0.15) is 77.9 Å². The van der Waals surface area contributed by atoms with E-state index in [0.29, 0.717) is 53.2 Å². The maximum absolute atomic E-state index is 13.2. The number of benzene rings is 2. The molecule has 0 aromatic heterocycles. The molecule has 4 fully saturated rings. The molecule has 1 saturated heterocycles. The molecule has 0 spiro atoms. The van der Waals surface area contributed by atoms with Gasteiger partial charge in [0, 0.05) is 38.3 Å². The summed E-state index contributed by atoms with van der Waals surface area (Å²) in [7, 11) is 0. The van der Waals surface area contributed by atoms with Crippen LogP contribution in [-0.2, 0) is 6.42 Å². The van der Waals surface area contributed by atoms with Crippen LogP contribution < -0.4 is 5.73 Å². The van der Waals surface area contributed by atoms with Gasteiger partial charge in [0.1, 0.15) is 0 Å². The summed E-state index contributed by atoms with van der Waals surface area (Å²) >= 11 is 0. The van der Waals surface area contributed by atoms with Crippen molar-refractivity contribution < 1.29 is 9.59 Å². The fourth-order valence-electron chi connectivity index (χ4n) is 8.35. The summed E-state index contributed by atoms with van der Waals surface area (Å²) in [6, 6.07) is 12.6. The van der Waals surface area contributed by atoms with Gasteiger partial charge in [-0.2, -0.15) is 0 Å². The smallest absolute Gasteiger partial charge is 0.261 e. The second kappa shape index (κ2) is 10.3. The van der Waals surface area contributed by atoms with Gasteiger partial charge in [-0.05, 0) is 92.5 Å². The van der Waals surface area contributed by atoms with Crippen LogP contribution >= 0.6 is 0 Å². The molecule has 3 aliphatic carbocycles. The number of carbonyl (C=O) groups is 2. The average molecular weight is 556 g/mol. The van der Waals surface area contributed by atoms with Gasteiger partial charge in [0.2, 0.25) is 0 Å². The predicted molar refractivity (Wildman–Crippen MR) is 163 cm³/mol. The fourth-order valence-corrected chi connectivity index (χ4v) is 8.35. The van der Waals surface area contributed by atoms with Crippen molar-refractivity contribution in [3.05, 3.63) is 64.2 Å². The minimum atomic E-state index is -0.254. The molecule has 2 aliphatic heterocycles. The molecule has 2 heterocycles. The molecule has 2 bridgehead atoms. The molecule has 2 aromatic carbocycles. The van der Waals surface area contributed by atoms with Crippen molar-refractivity contribution in [2.75, 3.05) is 26.2 Å². The molecule has 3 saturated carbocycles. The van der Waals surface area contributed by atoms with Crippen molar-refractivity contribution in [1.29, 1.82) is 0 Å². The Bertz CT molecular complexity index is 1410. The van der Waals surface area contributed by atoms with Gasteiger partial charge in [-0.1, -0.05) is 44.5 Å². The molecule has 218 valence electrons. The summed E-state index contributed by atoms with van der Waals surface area (Å²) in [6.45, 7) is 16.9. The van der Waals surface area contributed by atoms with Crippen molar-refractivity contribution in [1.82, 2.24) is 14.7 Å². The quantitative estimate of drug-likeness (QED) is 0.313. The third-order valence-corrected chi connectivity index (χ3v) is 11.0. The van der Waals surface area contributed by atoms with E-state index < -0.39 is 0 Å². The monoisotopic (exact) mass is 555 g/mol. The number of hydrogen-bond donors (Lipinski definition) is 1. The zero-order valence-corrected chi connectivity index (χ0v) is 25.5. The van der Waals surface area contributed by atoms with Gasteiger partial charge in [-0.15, -0.1) is 0 Å². The second-order valence-electron chi connectivity index (χ2n) is 13.7. The Kier molecular flexibility index (Phi) is 7.00. The average Bonchev–Trinajstić information content (AvgIpc) is 3.16. The fraction of sp³-hybridized carbons (Fsp3) is 0.559. The van der Waals surface area contributed by atoms with Gasteiger partial charge in [-0.25, -0.2) is 4.99 Å². The van der Waals surface area contributed by atoms with Crippen LogP contribution in [0.4, 0.5) is 5.69 Å². The molecule has 2 aromatic rings. The van der Waals surface area contributed by atoms with Gasteiger partial charge in [0.25, 0.3) is 11.8 Å². The maximum Gasteiger partial charge on any atom is 0.261 e. The van der Waals surface area contributed by atoms with Gasteiger partial charge in [-0.3, -0.25) is 19.4 Å². The molecule has 2 N–H and O–H groups in total. The molecular weight excluding hydrogens is 510 g/mol. The maximum atomic E-state index is 13.2. The molecule has 5 atom stereocenters. The number of piperazine rings is 1. The molecule has 0 radical (unpaired) electrons. The highest BCUT2D eigenvalue weighted by atomic mass is 16.2. The van der Waals surface area contributed by atoms with E-state index in [0.717, 1.165) is 43.0 Å². The first kappa shape index (κ1) is 28.0. The lowest BCUT2D eigenvalue weighted by Crippen LogP contribution is -2.65. The topological polar surface area (TPSA) is 82.2 Å². The Balaban J connectivity index is 1.10. The normalized spacial score (nSPS) is 29.5.